The number of H-pyrrole nitrogens is 1. The highest BCUT2D eigenvalue weighted by Gasteiger charge is 2.23. The van der Waals surface area contributed by atoms with Gasteiger partial charge >= 0.3 is 0 Å². The molecule has 0 aliphatic rings. The first-order valence-corrected chi connectivity index (χ1v) is 17.4. The lowest BCUT2D eigenvalue weighted by molar-refractivity contribution is 0.486. The zero-order valence-corrected chi connectivity index (χ0v) is 25.8. The second-order valence-electron chi connectivity index (χ2n) is 10.9. The summed E-state index contributed by atoms with van der Waals surface area (Å²) in [4.78, 5) is 12.8. The van der Waals surface area contributed by atoms with Gasteiger partial charge in [-0.05, 0) is 53.1 Å². The van der Waals surface area contributed by atoms with Gasteiger partial charge in [-0.15, -0.1) is 0 Å². The molecule has 3 aromatic heterocycles. The number of rotatable bonds is 8. The first kappa shape index (κ1) is 28.8. The van der Waals surface area contributed by atoms with Crippen molar-refractivity contribution in [2.24, 2.45) is 7.05 Å². The molecule has 0 fully saturated rings. The number of hydrogen-bond acceptors (Lipinski definition) is 5. The van der Waals surface area contributed by atoms with Crippen LogP contribution in [0.5, 0.6) is 0 Å². The normalized spacial score (nSPS) is 13.9. The maximum Gasteiger partial charge on any atom is 0.280 e. The minimum absolute atomic E-state index is 0.0528. The molecule has 0 aliphatic carbocycles. The van der Waals surface area contributed by atoms with Crippen molar-refractivity contribution in [3.63, 3.8) is 0 Å². The van der Waals surface area contributed by atoms with Crippen LogP contribution in [0.15, 0.2) is 132 Å². The lowest BCUT2D eigenvalue weighted by Gasteiger charge is -2.28. The molecule has 0 bridgehead atoms. The Balaban J connectivity index is 1.32. The molecule has 9 nitrogen and oxygen atoms in total. The molecule has 0 spiro atoms. The highest BCUT2D eigenvalue weighted by Crippen LogP contribution is 2.51. The van der Waals surface area contributed by atoms with Crippen LogP contribution in [0.2, 0.25) is 0 Å². The maximum atomic E-state index is 12.8. The van der Waals surface area contributed by atoms with E-state index in [9.17, 15) is 13.0 Å². The topological polar surface area (TPSA) is 136 Å². The van der Waals surface area contributed by atoms with Crippen LogP contribution in [0.25, 0.3) is 44.2 Å². The van der Waals surface area contributed by atoms with Crippen molar-refractivity contribution in [1.29, 1.82) is 0 Å². The highest BCUT2D eigenvalue weighted by atomic mass is 32.3. The van der Waals surface area contributed by atoms with Crippen molar-refractivity contribution in [2.45, 2.75) is 15.7 Å². The van der Waals surface area contributed by atoms with E-state index in [0.717, 1.165) is 49.8 Å². The second kappa shape index (κ2) is 11.2. The number of imidazole rings is 1. The fourth-order valence-electron chi connectivity index (χ4n) is 5.54. The van der Waals surface area contributed by atoms with Crippen molar-refractivity contribution in [3.05, 3.63) is 127 Å². The van der Waals surface area contributed by atoms with Gasteiger partial charge in [-0.2, -0.15) is 8.42 Å². The van der Waals surface area contributed by atoms with Gasteiger partial charge in [0.15, 0.2) is 5.03 Å². The monoisotopic (exact) mass is 636 g/mol. The van der Waals surface area contributed by atoms with Crippen LogP contribution in [-0.2, 0) is 22.8 Å². The molecule has 1 unspecified atom stereocenters. The Morgan fingerprint density at radius 3 is 2.29 bits per heavy atom. The molecule has 0 saturated carbocycles. The SMILES string of the molecule is Cn1cnc(S(=O)(=O)Nc2ccc(-c3cnc4[nH]c5ccc(CS(O)([OH2+])c6ccccc6)cc5c4c3-c3ccccc3)cc2)c1. The second-order valence-corrected chi connectivity index (χ2v) is 14.7. The number of nitrogens with one attached hydrogen (secondary N) is 2. The van der Waals surface area contributed by atoms with Gasteiger partial charge in [0.05, 0.1) is 6.33 Å². The summed E-state index contributed by atoms with van der Waals surface area (Å²) in [7, 11) is -4.91. The molecule has 5 N–H and O–H groups in total. The molecule has 7 aromatic rings. The third-order valence-electron chi connectivity index (χ3n) is 7.66. The van der Waals surface area contributed by atoms with Crippen LogP contribution < -0.4 is 4.72 Å². The molecular weight excluding hydrogens is 607 g/mol. The summed E-state index contributed by atoms with van der Waals surface area (Å²) in [6.07, 6.45) is 4.72. The number of pyridine rings is 1. The summed E-state index contributed by atoms with van der Waals surface area (Å²) >= 11 is 0. The number of anilines is 1. The zero-order valence-electron chi connectivity index (χ0n) is 24.2. The predicted molar refractivity (Wildman–Crippen MR) is 181 cm³/mol. The number of aromatic nitrogens is 4. The largest absolute Gasteiger partial charge is 0.339 e. The molecule has 1 atom stereocenters. The van der Waals surface area contributed by atoms with Crippen molar-refractivity contribution in [1.82, 2.24) is 19.5 Å². The zero-order chi connectivity index (χ0) is 31.2. The van der Waals surface area contributed by atoms with E-state index in [1.54, 1.807) is 35.9 Å². The average molecular weight is 637 g/mol. The molecular formula is C34H30N5O4S2+. The summed E-state index contributed by atoms with van der Waals surface area (Å²) in [5.74, 6) is 0.198. The molecule has 11 heteroatoms. The van der Waals surface area contributed by atoms with Gasteiger partial charge < -0.3 is 14.1 Å². The number of aromatic amines is 1. The van der Waals surface area contributed by atoms with Gasteiger partial charge in [-0.1, -0.05) is 77.3 Å². The molecule has 0 saturated heterocycles. The predicted octanol–water partition coefficient (Wildman–Crippen LogP) is 7.06. The third-order valence-corrected chi connectivity index (χ3v) is 10.7. The molecule has 0 amide bonds. The van der Waals surface area contributed by atoms with Gasteiger partial charge in [0.1, 0.15) is 16.3 Å². The Morgan fingerprint density at radius 2 is 1.60 bits per heavy atom. The highest BCUT2D eigenvalue weighted by molar-refractivity contribution is 8.23. The summed E-state index contributed by atoms with van der Waals surface area (Å²) in [5.41, 5.74) is 6.61. The minimum Gasteiger partial charge on any atom is -0.339 e. The molecule has 0 aliphatic heterocycles. The van der Waals surface area contributed by atoms with Gasteiger partial charge in [-0.3, -0.25) is 9.27 Å². The lowest BCUT2D eigenvalue weighted by atomic mass is 9.92. The van der Waals surface area contributed by atoms with Crippen molar-refractivity contribution in [2.75, 3.05) is 4.72 Å². The molecule has 7 rings (SSSR count). The number of benzene rings is 4. The fourth-order valence-corrected chi connectivity index (χ4v) is 8.02. The Kier molecular flexibility index (Phi) is 7.17. The standard InChI is InChI=1S/C34H29N5O4S2/c1-39-20-31(36-22-39)45(42,43)38-26-15-13-24(14-16-26)29-19-35-34-33(32(29)25-8-4-2-5-9-25)28-18-23(12-17-30(28)37-34)21-44(40,41)27-10-6-3-7-11-27/h2-20,22,38,40-41H,21H2,1H3,(H,35,37)/p+1. The van der Waals surface area contributed by atoms with E-state index < -0.39 is 20.6 Å². The Hall–Kier alpha value is -4.94. The first-order valence-electron chi connectivity index (χ1n) is 14.1. The average Bonchev–Trinajstić information content (AvgIpc) is 3.65. The summed E-state index contributed by atoms with van der Waals surface area (Å²) in [5, 5.41) is 1.82. The molecule has 3 heterocycles. The maximum absolute atomic E-state index is 12.8. The molecule has 45 heavy (non-hydrogen) atoms. The summed E-state index contributed by atoms with van der Waals surface area (Å²) < 4.78 is 49.7. The van der Waals surface area contributed by atoms with Crippen LogP contribution >= 0.6 is 10.6 Å². The van der Waals surface area contributed by atoms with E-state index >= 15 is 0 Å². The van der Waals surface area contributed by atoms with E-state index in [-0.39, 0.29) is 10.8 Å². The third kappa shape index (κ3) is 5.58. The van der Waals surface area contributed by atoms with Crippen molar-refractivity contribution in [3.8, 4) is 22.3 Å². The summed E-state index contributed by atoms with van der Waals surface area (Å²) in [6, 6.07) is 32.4. The van der Waals surface area contributed by atoms with Crippen LogP contribution in [0.1, 0.15) is 5.56 Å². The van der Waals surface area contributed by atoms with Crippen LogP contribution in [0.3, 0.4) is 0 Å². The number of aryl methyl sites for hydroxylation is 1. The number of nitrogens with zero attached hydrogens (tertiary/aromatic N) is 3. The van der Waals surface area contributed by atoms with Crippen molar-refractivity contribution < 1.29 is 17.5 Å². The number of fused-ring (bicyclic) bond motifs is 3. The number of hydrogen-bond donors (Lipinski definition) is 3. The van der Waals surface area contributed by atoms with Gasteiger partial charge in [0.2, 0.25) is 0 Å². The van der Waals surface area contributed by atoms with E-state index in [4.69, 9.17) is 9.54 Å². The Labute approximate surface area is 261 Å². The van der Waals surface area contributed by atoms with Gasteiger partial charge in [0, 0.05) is 52.5 Å². The van der Waals surface area contributed by atoms with Gasteiger partial charge in [0.25, 0.3) is 10.0 Å². The number of sulfonamides is 1. The fraction of sp³-hybridized carbons (Fsp3) is 0.0588. The molecule has 0 radical (unpaired) electrons. The van der Waals surface area contributed by atoms with Crippen LogP contribution in [0.4, 0.5) is 5.69 Å². The first-order chi connectivity index (χ1) is 21.7. The van der Waals surface area contributed by atoms with Gasteiger partial charge in [-0.25, -0.2) is 9.97 Å². The van der Waals surface area contributed by atoms with Crippen LogP contribution in [0, 0.1) is 0 Å². The minimum atomic E-state index is -3.83. The van der Waals surface area contributed by atoms with Crippen molar-refractivity contribution >= 4 is 48.2 Å². The van der Waals surface area contributed by atoms with Crippen LogP contribution in [-0.4, -0.2) is 37.0 Å². The van der Waals surface area contributed by atoms with E-state index in [1.165, 1.54) is 12.5 Å². The van der Waals surface area contributed by atoms with E-state index in [1.807, 2.05) is 72.9 Å². The molecule has 226 valence electrons. The smallest absolute Gasteiger partial charge is 0.280 e. The lowest BCUT2D eigenvalue weighted by Crippen LogP contribution is -2.13. The summed E-state index contributed by atoms with van der Waals surface area (Å²) in [6.45, 7) is 0. The van der Waals surface area contributed by atoms with E-state index in [2.05, 4.69) is 26.8 Å². The Morgan fingerprint density at radius 1 is 0.889 bits per heavy atom. The Bertz CT molecular complexity index is 2270. The molecule has 4 aromatic carbocycles. The van der Waals surface area contributed by atoms with E-state index in [0.29, 0.717) is 10.6 Å². The quantitative estimate of drug-likeness (QED) is 0.154.